The van der Waals surface area contributed by atoms with Crippen LogP contribution in [0.3, 0.4) is 0 Å². The molecule has 0 bridgehead atoms. The maximum atomic E-state index is 12.6. The van der Waals surface area contributed by atoms with E-state index < -0.39 is 0 Å². The molecular weight excluding hydrogens is 354 g/mol. The fourth-order valence-corrected chi connectivity index (χ4v) is 4.24. The Morgan fingerprint density at radius 3 is 2.68 bits per heavy atom. The number of rotatable bonds is 5. The zero-order valence-electron chi connectivity index (χ0n) is 16.7. The minimum atomic E-state index is -0.323. The molecule has 1 atom stereocenters. The molecule has 0 unspecified atom stereocenters. The van der Waals surface area contributed by atoms with Crippen LogP contribution in [0.2, 0.25) is 0 Å². The number of amides is 3. The van der Waals surface area contributed by atoms with Crippen LogP contribution in [0.4, 0.5) is 10.5 Å². The summed E-state index contributed by atoms with van der Waals surface area (Å²) < 4.78 is 6.21. The molecule has 1 aromatic rings. The van der Waals surface area contributed by atoms with E-state index in [1.165, 1.54) is 18.4 Å². The van der Waals surface area contributed by atoms with Gasteiger partial charge in [-0.25, -0.2) is 4.79 Å². The maximum Gasteiger partial charge on any atom is 0.321 e. The summed E-state index contributed by atoms with van der Waals surface area (Å²) in [5, 5.41) is 6.04. The fourth-order valence-electron chi connectivity index (χ4n) is 4.24. The van der Waals surface area contributed by atoms with Crippen LogP contribution in [-0.4, -0.2) is 48.2 Å². The van der Waals surface area contributed by atoms with E-state index in [-0.39, 0.29) is 23.6 Å². The summed E-state index contributed by atoms with van der Waals surface area (Å²) in [7, 11) is 0. The van der Waals surface area contributed by atoms with E-state index in [2.05, 4.69) is 23.6 Å². The van der Waals surface area contributed by atoms with Crippen LogP contribution in [0, 0.1) is 5.92 Å². The van der Waals surface area contributed by atoms with Crippen molar-refractivity contribution in [2.45, 2.75) is 63.6 Å². The molecule has 1 aromatic carbocycles. The number of hydrogen-bond acceptors (Lipinski definition) is 3. The van der Waals surface area contributed by atoms with Gasteiger partial charge in [-0.1, -0.05) is 19.1 Å². The molecule has 2 aliphatic heterocycles. The third-order valence-corrected chi connectivity index (χ3v) is 6.36. The summed E-state index contributed by atoms with van der Waals surface area (Å²) in [6, 6.07) is 7.93. The van der Waals surface area contributed by atoms with Gasteiger partial charge in [0.15, 0.2) is 0 Å². The maximum absolute atomic E-state index is 12.6. The molecule has 6 heteroatoms. The van der Waals surface area contributed by atoms with Crippen molar-refractivity contribution in [2.24, 2.45) is 5.92 Å². The molecule has 2 saturated heterocycles. The molecule has 0 aromatic heterocycles. The van der Waals surface area contributed by atoms with Gasteiger partial charge in [0.25, 0.3) is 0 Å². The van der Waals surface area contributed by atoms with Crippen molar-refractivity contribution in [3.63, 3.8) is 0 Å². The molecule has 3 fully saturated rings. The quantitative estimate of drug-likeness (QED) is 0.817. The number of aryl methyl sites for hydroxylation is 1. The number of piperidine rings is 1. The molecule has 3 amide bonds. The second-order valence-electron chi connectivity index (χ2n) is 8.49. The summed E-state index contributed by atoms with van der Waals surface area (Å²) in [6.07, 6.45) is 6.37. The Labute approximate surface area is 167 Å². The Hall–Kier alpha value is -2.08. The normalized spacial score (nSPS) is 23.6. The van der Waals surface area contributed by atoms with Crippen molar-refractivity contribution in [3.8, 4) is 0 Å². The van der Waals surface area contributed by atoms with Gasteiger partial charge in [0.05, 0.1) is 5.60 Å². The predicted octanol–water partition coefficient (Wildman–Crippen LogP) is 3.32. The highest BCUT2D eigenvalue weighted by Gasteiger charge is 2.45. The number of nitrogens with one attached hydrogen (secondary N) is 2. The van der Waals surface area contributed by atoms with Gasteiger partial charge in [0.1, 0.15) is 6.10 Å². The van der Waals surface area contributed by atoms with E-state index >= 15 is 0 Å². The number of nitrogens with zero attached hydrogens (tertiary/aromatic N) is 1. The number of likely N-dealkylation sites (tertiary alicyclic amines) is 1. The Kier molecular flexibility index (Phi) is 5.58. The predicted molar refractivity (Wildman–Crippen MR) is 108 cm³/mol. The summed E-state index contributed by atoms with van der Waals surface area (Å²) in [6.45, 7) is 4.22. The lowest BCUT2D eigenvalue weighted by molar-refractivity contribution is -0.140. The number of anilines is 1. The standard InChI is InChI=1S/C22H31N3O3/c1-2-16-4-3-5-18(14-16)24-21(27)25-12-10-22(11-13-25)9-8-19(28-22)20(26)23-15-17-6-7-17/h3-5,14,17,19H,2,6-13,15H2,1H3,(H,23,26)(H,24,27)/t19-/m0/s1. The van der Waals surface area contributed by atoms with Crippen LogP contribution < -0.4 is 10.6 Å². The zero-order chi connectivity index (χ0) is 19.6. The van der Waals surface area contributed by atoms with Gasteiger partial charge in [-0.2, -0.15) is 0 Å². The van der Waals surface area contributed by atoms with Crippen molar-refractivity contribution < 1.29 is 14.3 Å². The molecule has 1 spiro atoms. The van der Waals surface area contributed by atoms with E-state index in [1.54, 1.807) is 0 Å². The first-order valence-corrected chi connectivity index (χ1v) is 10.7. The molecule has 1 aliphatic carbocycles. The molecule has 2 N–H and O–H groups in total. The van der Waals surface area contributed by atoms with Gasteiger partial charge in [-0.05, 0) is 68.6 Å². The molecule has 2 heterocycles. The Bertz CT molecular complexity index is 723. The third kappa shape index (κ3) is 4.49. The second kappa shape index (κ2) is 8.11. The first-order chi connectivity index (χ1) is 13.6. The monoisotopic (exact) mass is 385 g/mol. The smallest absolute Gasteiger partial charge is 0.321 e. The van der Waals surface area contributed by atoms with Crippen LogP contribution in [-0.2, 0) is 16.0 Å². The topological polar surface area (TPSA) is 70.7 Å². The van der Waals surface area contributed by atoms with Crippen LogP contribution in [0.25, 0.3) is 0 Å². The third-order valence-electron chi connectivity index (χ3n) is 6.36. The van der Waals surface area contributed by atoms with E-state index in [0.29, 0.717) is 19.0 Å². The van der Waals surface area contributed by atoms with Gasteiger partial charge in [-0.15, -0.1) is 0 Å². The molecule has 28 heavy (non-hydrogen) atoms. The highest BCUT2D eigenvalue weighted by atomic mass is 16.5. The molecule has 6 nitrogen and oxygen atoms in total. The number of ether oxygens (including phenoxy) is 1. The van der Waals surface area contributed by atoms with Crippen molar-refractivity contribution >= 4 is 17.6 Å². The minimum absolute atomic E-state index is 0.0414. The molecule has 4 rings (SSSR count). The van der Waals surface area contributed by atoms with Crippen molar-refractivity contribution in [1.82, 2.24) is 10.2 Å². The second-order valence-corrected chi connectivity index (χ2v) is 8.49. The SMILES string of the molecule is CCc1cccc(NC(=O)N2CCC3(CC[C@@H](C(=O)NCC4CC4)O3)CC2)c1. The number of urea groups is 1. The number of carbonyl (C=O) groups is 2. The lowest BCUT2D eigenvalue weighted by Crippen LogP contribution is -2.48. The summed E-state index contributed by atoms with van der Waals surface area (Å²) >= 11 is 0. The largest absolute Gasteiger partial charge is 0.362 e. The number of hydrogen-bond donors (Lipinski definition) is 2. The first-order valence-electron chi connectivity index (χ1n) is 10.7. The molecule has 3 aliphatic rings. The molecule has 0 radical (unpaired) electrons. The lowest BCUT2D eigenvalue weighted by atomic mass is 9.88. The molecule has 1 saturated carbocycles. The lowest BCUT2D eigenvalue weighted by Gasteiger charge is -2.39. The molecular formula is C22H31N3O3. The summed E-state index contributed by atoms with van der Waals surface area (Å²) in [5.74, 6) is 0.721. The highest BCUT2D eigenvalue weighted by Crippen LogP contribution is 2.39. The average molecular weight is 386 g/mol. The van der Waals surface area contributed by atoms with E-state index in [9.17, 15) is 9.59 Å². The summed E-state index contributed by atoms with van der Waals surface area (Å²) in [4.78, 5) is 26.8. The fraction of sp³-hybridized carbons (Fsp3) is 0.636. The Morgan fingerprint density at radius 2 is 1.96 bits per heavy atom. The Balaban J connectivity index is 1.25. The van der Waals surface area contributed by atoms with Gasteiger partial charge in [0.2, 0.25) is 5.91 Å². The van der Waals surface area contributed by atoms with Gasteiger partial charge in [0, 0.05) is 25.3 Å². The summed E-state index contributed by atoms with van der Waals surface area (Å²) in [5.41, 5.74) is 1.82. The minimum Gasteiger partial charge on any atom is -0.362 e. The zero-order valence-corrected chi connectivity index (χ0v) is 16.7. The van der Waals surface area contributed by atoms with Crippen LogP contribution in [0.5, 0.6) is 0 Å². The molecule has 152 valence electrons. The first kappa shape index (κ1) is 19.2. The van der Waals surface area contributed by atoms with Crippen molar-refractivity contribution in [2.75, 3.05) is 25.0 Å². The number of benzene rings is 1. The Morgan fingerprint density at radius 1 is 1.18 bits per heavy atom. The van der Waals surface area contributed by atoms with Gasteiger partial charge in [-0.3, -0.25) is 4.79 Å². The van der Waals surface area contributed by atoms with Crippen molar-refractivity contribution in [1.29, 1.82) is 0 Å². The van der Waals surface area contributed by atoms with Crippen LogP contribution in [0.15, 0.2) is 24.3 Å². The number of carbonyl (C=O) groups excluding carboxylic acids is 2. The van der Waals surface area contributed by atoms with Gasteiger partial charge >= 0.3 is 6.03 Å². The van der Waals surface area contributed by atoms with E-state index in [0.717, 1.165) is 44.3 Å². The van der Waals surface area contributed by atoms with E-state index in [1.807, 2.05) is 23.1 Å². The van der Waals surface area contributed by atoms with E-state index in [4.69, 9.17) is 4.74 Å². The van der Waals surface area contributed by atoms with Gasteiger partial charge < -0.3 is 20.3 Å². The highest BCUT2D eigenvalue weighted by molar-refractivity contribution is 5.89. The van der Waals surface area contributed by atoms with Crippen molar-refractivity contribution in [3.05, 3.63) is 29.8 Å². The van der Waals surface area contributed by atoms with Crippen LogP contribution in [0.1, 0.15) is 51.0 Å². The van der Waals surface area contributed by atoms with Crippen LogP contribution >= 0.6 is 0 Å². The average Bonchev–Trinajstić information content (AvgIpc) is 3.46.